The summed E-state index contributed by atoms with van der Waals surface area (Å²) in [6, 6.07) is 4.49. The van der Waals surface area contributed by atoms with Gasteiger partial charge in [-0.2, -0.15) is 0 Å². The number of nitrogens with one attached hydrogen (secondary N) is 2. The number of hydrogen-bond donors (Lipinski definition) is 2. The van der Waals surface area contributed by atoms with Crippen LogP contribution in [0.3, 0.4) is 0 Å². The van der Waals surface area contributed by atoms with Gasteiger partial charge in [0, 0.05) is 17.0 Å². The van der Waals surface area contributed by atoms with Gasteiger partial charge < -0.3 is 29.3 Å². The highest BCUT2D eigenvalue weighted by atomic mass is 32.2. The van der Waals surface area contributed by atoms with Crippen LogP contribution in [-0.2, 0) is 9.53 Å². The number of thioether (sulfide) groups is 1. The lowest BCUT2D eigenvalue weighted by atomic mass is 10.1. The number of carbonyl (C=O) groups excluding carboxylic acids is 2. The van der Waals surface area contributed by atoms with Crippen molar-refractivity contribution < 1.29 is 28.2 Å². The predicted octanol–water partition coefficient (Wildman–Crippen LogP) is 2.08. The lowest BCUT2D eigenvalue weighted by molar-refractivity contribution is -0.138. The fraction of sp³-hybridized carbons (Fsp3) is 0.333. The Hall–Kier alpha value is -3.21. The topological polar surface area (TPSA) is 125 Å². The van der Waals surface area contributed by atoms with E-state index in [-0.39, 0.29) is 25.2 Å². The van der Waals surface area contributed by atoms with Crippen molar-refractivity contribution in [3.05, 3.63) is 29.5 Å². The lowest BCUT2D eigenvalue weighted by Crippen LogP contribution is -2.49. The average Bonchev–Trinajstić information content (AvgIpc) is 3.34. The van der Waals surface area contributed by atoms with E-state index in [0.29, 0.717) is 39.4 Å². The number of aromatic nitrogens is 2. The summed E-state index contributed by atoms with van der Waals surface area (Å²) in [5.74, 6) is 1.39. The number of rotatable bonds is 6. The van der Waals surface area contributed by atoms with Crippen molar-refractivity contribution in [1.29, 1.82) is 0 Å². The molecule has 2 N–H and O–H groups in total. The molecule has 1 aromatic heterocycles. The van der Waals surface area contributed by atoms with Gasteiger partial charge in [0.2, 0.25) is 12.7 Å². The van der Waals surface area contributed by atoms with Crippen LogP contribution in [0.15, 0.2) is 39.1 Å². The van der Waals surface area contributed by atoms with Crippen LogP contribution in [0.2, 0.25) is 0 Å². The first-order valence-electron chi connectivity index (χ1n) is 8.89. The first-order chi connectivity index (χ1) is 14.0. The Kier molecular flexibility index (Phi) is 5.30. The maximum Gasteiger partial charge on any atom is 0.337 e. The summed E-state index contributed by atoms with van der Waals surface area (Å²) >= 11 is 1.21. The molecule has 152 valence electrons. The maximum atomic E-state index is 12.3. The van der Waals surface area contributed by atoms with E-state index in [2.05, 4.69) is 20.8 Å². The molecular weight excluding hydrogens is 400 g/mol. The molecule has 4 rings (SSSR count). The van der Waals surface area contributed by atoms with E-state index in [0.717, 1.165) is 0 Å². The second kappa shape index (κ2) is 8.03. The van der Waals surface area contributed by atoms with Crippen molar-refractivity contribution in [3.63, 3.8) is 0 Å². The van der Waals surface area contributed by atoms with Gasteiger partial charge >= 0.3 is 12.0 Å². The highest BCUT2D eigenvalue weighted by molar-refractivity contribution is 7.99. The normalized spacial score (nSPS) is 17.7. The van der Waals surface area contributed by atoms with Crippen LogP contribution < -0.4 is 20.1 Å². The smallest absolute Gasteiger partial charge is 0.337 e. The Morgan fingerprint density at radius 3 is 2.97 bits per heavy atom. The summed E-state index contributed by atoms with van der Waals surface area (Å²) in [7, 11) is 0. The van der Waals surface area contributed by atoms with Crippen molar-refractivity contribution in [2.45, 2.75) is 25.1 Å². The number of amides is 2. The Balaban J connectivity index is 1.50. The van der Waals surface area contributed by atoms with Gasteiger partial charge in [-0.05, 0) is 32.0 Å². The standard InChI is InChI=1S/C18H18N4O6S/c1-3-25-16(23)14-9(2)19-17(24)20-11(14)7-29-18-22-21-15(28-18)10-4-5-12-13(6-10)27-8-26-12/h4-6,9H,3,7-8H2,1-2H3,(H2,19,20,24). The number of carbonyl (C=O) groups is 2. The number of hydrogen-bond acceptors (Lipinski definition) is 9. The summed E-state index contributed by atoms with van der Waals surface area (Å²) < 4.78 is 21.4. The minimum atomic E-state index is -0.477. The Labute approximate surface area is 170 Å². The largest absolute Gasteiger partial charge is 0.463 e. The molecule has 0 radical (unpaired) electrons. The molecule has 0 bridgehead atoms. The van der Waals surface area contributed by atoms with Crippen LogP contribution in [0, 0.1) is 0 Å². The number of benzene rings is 1. The third-order valence-corrected chi connectivity index (χ3v) is 5.08. The summed E-state index contributed by atoms with van der Waals surface area (Å²) in [6.45, 7) is 3.87. The zero-order valence-corrected chi connectivity index (χ0v) is 16.5. The molecule has 1 atom stereocenters. The second-order valence-corrected chi connectivity index (χ2v) is 7.09. The summed E-state index contributed by atoms with van der Waals surface area (Å²) in [4.78, 5) is 24.1. The van der Waals surface area contributed by atoms with Gasteiger partial charge in [-0.25, -0.2) is 9.59 Å². The molecule has 10 nitrogen and oxygen atoms in total. The molecule has 2 amide bonds. The first kappa shape index (κ1) is 19.1. The van der Waals surface area contributed by atoms with E-state index in [9.17, 15) is 9.59 Å². The number of ether oxygens (including phenoxy) is 3. The maximum absolute atomic E-state index is 12.3. The number of esters is 1. The van der Waals surface area contributed by atoms with Crippen molar-refractivity contribution in [2.75, 3.05) is 19.2 Å². The Morgan fingerprint density at radius 1 is 1.31 bits per heavy atom. The molecule has 1 unspecified atom stereocenters. The van der Waals surface area contributed by atoms with Crippen LogP contribution >= 0.6 is 11.8 Å². The van der Waals surface area contributed by atoms with Gasteiger partial charge in [-0.15, -0.1) is 10.2 Å². The minimum Gasteiger partial charge on any atom is -0.463 e. The van der Waals surface area contributed by atoms with Gasteiger partial charge in [-0.3, -0.25) is 0 Å². The zero-order chi connectivity index (χ0) is 20.4. The molecule has 1 aromatic carbocycles. The quantitative estimate of drug-likeness (QED) is 0.536. The fourth-order valence-electron chi connectivity index (χ4n) is 2.94. The molecule has 0 aliphatic carbocycles. The van der Waals surface area contributed by atoms with Crippen molar-refractivity contribution in [2.24, 2.45) is 0 Å². The second-order valence-electron chi connectivity index (χ2n) is 6.16. The van der Waals surface area contributed by atoms with Crippen molar-refractivity contribution in [1.82, 2.24) is 20.8 Å². The third-order valence-electron chi connectivity index (χ3n) is 4.23. The molecule has 2 aromatic rings. The molecule has 11 heteroatoms. The molecule has 0 fully saturated rings. The van der Waals surface area contributed by atoms with Gasteiger partial charge in [0.05, 0.1) is 18.2 Å². The van der Waals surface area contributed by atoms with Gasteiger partial charge in [-0.1, -0.05) is 11.8 Å². The van der Waals surface area contributed by atoms with Crippen LogP contribution in [0.25, 0.3) is 11.5 Å². The number of nitrogens with zero attached hydrogens (tertiary/aromatic N) is 2. The molecule has 0 spiro atoms. The molecule has 29 heavy (non-hydrogen) atoms. The zero-order valence-electron chi connectivity index (χ0n) is 15.7. The molecule has 3 heterocycles. The first-order valence-corrected chi connectivity index (χ1v) is 9.87. The number of urea groups is 1. The van der Waals surface area contributed by atoms with Crippen molar-refractivity contribution in [3.8, 4) is 23.0 Å². The average molecular weight is 418 g/mol. The van der Waals surface area contributed by atoms with Crippen molar-refractivity contribution >= 4 is 23.8 Å². The van der Waals surface area contributed by atoms with Gasteiger partial charge in [0.1, 0.15) is 0 Å². The highest BCUT2D eigenvalue weighted by Gasteiger charge is 2.30. The van der Waals surface area contributed by atoms with Crippen LogP contribution in [0.4, 0.5) is 4.79 Å². The summed E-state index contributed by atoms with van der Waals surface area (Å²) in [5, 5.41) is 13.7. The van der Waals surface area contributed by atoms with Crippen LogP contribution in [-0.4, -0.2) is 47.4 Å². The summed E-state index contributed by atoms with van der Waals surface area (Å²) in [5.41, 5.74) is 1.52. The molecule has 0 saturated carbocycles. The van der Waals surface area contributed by atoms with E-state index in [1.807, 2.05) is 0 Å². The van der Waals surface area contributed by atoms with E-state index in [4.69, 9.17) is 18.6 Å². The van der Waals surface area contributed by atoms with Crippen LogP contribution in [0.5, 0.6) is 11.5 Å². The predicted molar refractivity (Wildman–Crippen MR) is 101 cm³/mol. The molecule has 0 saturated heterocycles. The van der Waals surface area contributed by atoms with Gasteiger partial charge in [0.25, 0.3) is 5.22 Å². The highest BCUT2D eigenvalue weighted by Crippen LogP contribution is 2.36. The summed E-state index contributed by atoms with van der Waals surface area (Å²) in [6.07, 6.45) is 0. The lowest BCUT2D eigenvalue weighted by Gasteiger charge is -2.26. The molecule has 2 aliphatic rings. The van der Waals surface area contributed by atoms with E-state index in [1.165, 1.54) is 11.8 Å². The van der Waals surface area contributed by atoms with Crippen LogP contribution in [0.1, 0.15) is 13.8 Å². The van der Waals surface area contributed by atoms with E-state index in [1.54, 1.807) is 32.0 Å². The monoisotopic (exact) mass is 418 g/mol. The van der Waals surface area contributed by atoms with E-state index < -0.39 is 12.0 Å². The molecule has 2 aliphatic heterocycles. The Morgan fingerprint density at radius 2 is 2.14 bits per heavy atom. The van der Waals surface area contributed by atoms with Gasteiger partial charge in [0.15, 0.2) is 11.5 Å². The third kappa shape index (κ3) is 3.99. The fourth-order valence-corrected chi connectivity index (χ4v) is 3.67. The Bertz CT molecular complexity index is 988. The number of fused-ring (bicyclic) bond motifs is 1. The molecular formula is C18H18N4O6S. The SMILES string of the molecule is CCOC(=O)C1=C(CSc2nnc(-c3ccc4c(c3)OCO4)o2)NC(=O)NC1C. The van der Waals surface area contributed by atoms with E-state index >= 15 is 0 Å². The minimum absolute atomic E-state index is 0.181.